The van der Waals surface area contributed by atoms with Crippen LogP contribution in [0, 0.1) is 22.7 Å². The van der Waals surface area contributed by atoms with Gasteiger partial charge in [-0.3, -0.25) is 19.2 Å². The summed E-state index contributed by atoms with van der Waals surface area (Å²) in [5.74, 6) is -6.41. The molecular weight excluding hydrogens is 479 g/mol. The number of rotatable bonds is 2. The Kier molecular flexibility index (Phi) is 5.43. The van der Waals surface area contributed by atoms with Crippen molar-refractivity contribution in [3.05, 3.63) is 23.2 Å². The Bertz CT molecular complexity index is 1140. The summed E-state index contributed by atoms with van der Waals surface area (Å²) in [6.07, 6.45) is -3.33. The molecule has 0 aromatic carbocycles. The first kappa shape index (κ1) is 25.2. The molecule has 0 aromatic heterocycles. The van der Waals surface area contributed by atoms with Crippen LogP contribution in [-0.4, -0.2) is 74.0 Å². The summed E-state index contributed by atoms with van der Waals surface area (Å²) in [5.41, 5.74) is -8.09. The van der Waals surface area contributed by atoms with Gasteiger partial charge in [0.05, 0.1) is 30.5 Å². The number of allylic oxidation sites excluding steroid dienone is 2. The van der Waals surface area contributed by atoms with Crippen molar-refractivity contribution < 1.29 is 53.5 Å². The fourth-order valence-corrected chi connectivity index (χ4v) is 7.77. The lowest BCUT2D eigenvalue weighted by Crippen LogP contribution is -2.70. The first-order valence-corrected chi connectivity index (χ1v) is 12.1. The Morgan fingerprint density at radius 3 is 2.33 bits per heavy atom. The van der Waals surface area contributed by atoms with Crippen molar-refractivity contribution in [2.45, 2.75) is 75.9 Å². The molecule has 10 nitrogen and oxygen atoms in total. The van der Waals surface area contributed by atoms with Gasteiger partial charge in [-0.2, -0.15) is 0 Å². The van der Waals surface area contributed by atoms with E-state index in [-0.39, 0.29) is 37.7 Å². The van der Waals surface area contributed by atoms with Crippen LogP contribution in [0.5, 0.6) is 0 Å². The number of ether oxygens (including phenoxy) is 2. The monoisotopic (exact) mass is 508 g/mol. The van der Waals surface area contributed by atoms with Gasteiger partial charge in [0.1, 0.15) is 6.61 Å². The van der Waals surface area contributed by atoms with Crippen molar-refractivity contribution in [1.82, 2.24) is 0 Å². The van der Waals surface area contributed by atoms with Crippen LogP contribution in [0.1, 0.15) is 52.4 Å². The number of fused-ring (bicyclic) bond motifs is 6. The molecule has 0 radical (unpaired) electrons. The summed E-state index contributed by atoms with van der Waals surface area (Å²) in [5, 5.41) is 43.0. The molecule has 4 aliphatic carbocycles. The van der Waals surface area contributed by atoms with Gasteiger partial charge < -0.3 is 29.9 Å². The van der Waals surface area contributed by atoms with Gasteiger partial charge in [0, 0.05) is 11.3 Å². The zero-order chi connectivity index (χ0) is 26.4. The van der Waals surface area contributed by atoms with Crippen LogP contribution >= 0.6 is 0 Å². The van der Waals surface area contributed by atoms with Crippen LogP contribution in [0.2, 0.25) is 0 Å². The molecule has 0 aromatic rings. The number of halogens is 1. The van der Waals surface area contributed by atoms with E-state index in [1.54, 1.807) is 0 Å². The summed E-state index contributed by atoms with van der Waals surface area (Å²) < 4.78 is 28.4. The minimum absolute atomic E-state index is 0.106. The van der Waals surface area contributed by atoms with E-state index in [1.807, 2.05) is 0 Å². The van der Waals surface area contributed by atoms with Crippen LogP contribution in [0.15, 0.2) is 23.2 Å². The lowest BCUT2D eigenvalue weighted by Gasteiger charge is -2.63. The van der Waals surface area contributed by atoms with E-state index in [0.717, 1.165) is 6.08 Å². The number of alkyl halides is 1. The SMILES string of the molecule is C[C@@]12C(=CC(=O)C3=C1OC(=O)CCC(=O)O3)CC[C@H]1[C@@H]3C[C@@H](O)C(O)(C(=O)CO)[C@@]3(C)C[C@H](O)[C@@]12F. The van der Waals surface area contributed by atoms with Gasteiger partial charge in [-0.15, -0.1) is 0 Å². The highest BCUT2D eigenvalue weighted by Gasteiger charge is 2.78. The van der Waals surface area contributed by atoms with Gasteiger partial charge in [0.2, 0.25) is 11.5 Å². The Balaban J connectivity index is 1.68. The molecule has 1 unspecified atom stereocenters. The predicted octanol–water partition coefficient (Wildman–Crippen LogP) is 0.156. The topological polar surface area (TPSA) is 168 Å². The fourth-order valence-electron chi connectivity index (χ4n) is 7.77. The number of Topliss-reactive ketones (excluding diaryl/α,β-unsaturated/α-hetero) is 1. The Morgan fingerprint density at radius 2 is 1.69 bits per heavy atom. The van der Waals surface area contributed by atoms with E-state index in [4.69, 9.17) is 9.47 Å². The van der Waals surface area contributed by atoms with Crippen LogP contribution in [-0.2, 0) is 28.7 Å². The first-order chi connectivity index (χ1) is 16.8. The van der Waals surface area contributed by atoms with Crippen LogP contribution in [0.3, 0.4) is 0 Å². The van der Waals surface area contributed by atoms with Gasteiger partial charge in [0.15, 0.2) is 22.8 Å². The van der Waals surface area contributed by atoms with E-state index in [9.17, 15) is 39.6 Å². The van der Waals surface area contributed by atoms with Crippen molar-refractivity contribution in [3.8, 4) is 0 Å². The second kappa shape index (κ2) is 7.77. The molecule has 0 saturated heterocycles. The summed E-state index contributed by atoms with van der Waals surface area (Å²) in [4.78, 5) is 50.1. The average Bonchev–Trinajstić information content (AvgIpc) is 3.01. The highest BCUT2D eigenvalue weighted by molar-refractivity contribution is 6.07. The molecule has 3 saturated carbocycles. The van der Waals surface area contributed by atoms with Gasteiger partial charge in [-0.1, -0.05) is 6.92 Å². The zero-order valence-corrected chi connectivity index (χ0v) is 20.0. The molecule has 5 aliphatic rings. The van der Waals surface area contributed by atoms with Crippen molar-refractivity contribution in [3.63, 3.8) is 0 Å². The highest BCUT2D eigenvalue weighted by Crippen LogP contribution is 2.71. The number of hydrogen-bond donors (Lipinski definition) is 4. The Hall–Kier alpha value is -2.47. The molecule has 8 atom stereocenters. The van der Waals surface area contributed by atoms with E-state index in [1.165, 1.54) is 13.8 Å². The van der Waals surface area contributed by atoms with Gasteiger partial charge in [-0.25, -0.2) is 4.39 Å². The van der Waals surface area contributed by atoms with Gasteiger partial charge >= 0.3 is 11.9 Å². The number of aliphatic hydroxyl groups is 4. The average molecular weight is 508 g/mol. The van der Waals surface area contributed by atoms with Crippen LogP contribution in [0.4, 0.5) is 4.39 Å². The summed E-state index contributed by atoms with van der Waals surface area (Å²) in [6, 6.07) is 0. The highest BCUT2D eigenvalue weighted by atomic mass is 19.1. The van der Waals surface area contributed by atoms with E-state index < -0.39 is 94.2 Å². The normalized spacial score (nSPS) is 46.3. The van der Waals surface area contributed by atoms with Crippen molar-refractivity contribution >= 4 is 23.5 Å². The zero-order valence-electron chi connectivity index (χ0n) is 20.0. The Labute approximate surface area is 205 Å². The fraction of sp³-hybridized carbons (Fsp3) is 0.680. The van der Waals surface area contributed by atoms with Gasteiger partial charge in [-0.05, 0) is 50.2 Å². The lowest BCUT2D eigenvalue weighted by atomic mass is 9.44. The summed E-state index contributed by atoms with van der Waals surface area (Å²) >= 11 is 0. The molecule has 1 aliphatic heterocycles. The number of ketones is 2. The lowest BCUT2D eigenvalue weighted by molar-refractivity contribution is -0.229. The molecule has 11 heteroatoms. The second-order valence-electron chi connectivity index (χ2n) is 11.0. The first-order valence-electron chi connectivity index (χ1n) is 12.1. The van der Waals surface area contributed by atoms with Crippen LogP contribution < -0.4 is 0 Å². The third-order valence-electron chi connectivity index (χ3n) is 9.63. The van der Waals surface area contributed by atoms with Crippen molar-refractivity contribution in [1.29, 1.82) is 0 Å². The largest absolute Gasteiger partial charge is 0.426 e. The minimum Gasteiger partial charge on any atom is -0.426 e. The third-order valence-corrected chi connectivity index (χ3v) is 9.63. The number of esters is 2. The van der Waals surface area contributed by atoms with Crippen molar-refractivity contribution in [2.24, 2.45) is 22.7 Å². The molecular formula is C25H29FO10. The number of aliphatic hydroxyl groups excluding tert-OH is 3. The second-order valence-corrected chi connectivity index (χ2v) is 11.0. The minimum atomic E-state index is -2.58. The van der Waals surface area contributed by atoms with Crippen LogP contribution in [0.25, 0.3) is 0 Å². The Morgan fingerprint density at radius 1 is 1.06 bits per heavy atom. The molecule has 0 bridgehead atoms. The maximum atomic E-state index is 17.7. The number of carbonyl (C=O) groups is 4. The summed E-state index contributed by atoms with van der Waals surface area (Å²) in [7, 11) is 0. The molecule has 4 N–H and O–H groups in total. The van der Waals surface area contributed by atoms with E-state index in [2.05, 4.69) is 0 Å². The maximum Gasteiger partial charge on any atom is 0.312 e. The summed E-state index contributed by atoms with van der Waals surface area (Å²) in [6.45, 7) is 1.84. The molecule has 5 rings (SSSR count). The maximum absolute atomic E-state index is 17.7. The molecule has 196 valence electrons. The number of carbonyl (C=O) groups excluding carboxylic acids is 4. The molecule has 1 heterocycles. The van der Waals surface area contributed by atoms with Gasteiger partial charge in [0.25, 0.3) is 0 Å². The van der Waals surface area contributed by atoms with E-state index in [0.29, 0.717) is 0 Å². The standard InChI is InChI=1S/C25H29FO10/c1-22-9-16(30)24(26)12(13(22)8-15(29)25(22,34)17(31)10-27)4-3-11-7-14(28)20-21(23(11,24)2)36-19(33)6-5-18(32)35-20/h7,12-13,15-16,27,29-30,34H,3-6,8-10H2,1-2H3/t12-,13-,15+,16-,22-,23+,24-,25?/m0/s1. The number of hydrogen-bond acceptors (Lipinski definition) is 10. The van der Waals surface area contributed by atoms with Crippen molar-refractivity contribution in [2.75, 3.05) is 6.61 Å². The molecule has 3 fully saturated rings. The smallest absolute Gasteiger partial charge is 0.312 e. The van der Waals surface area contributed by atoms with E-state index >= 15 is 4.39 Å². The quantitative estimate of drug-likeness (QED) is 0.377. The predicted molar refractivity (Wildman–Crippen MR) is 116 cm³/mol. The molecule has 0 amide bonds. The third kappa shape index (κ3) is 2.80. The molecule has 36 heavy (non-hydrogen) atoms. The molecule has 0 spiro atoms.